The lowest BCUT2D eigenvalue weighted by molar-refractivity contribution is 0.00359. The topological polar surface area (TPSA) is 29.5 Å². The summed E-state index contributed by atoms with van der Waals surface area (Å²) < 4.78 is 6.13. The van der Waals surface area contributed by atoms with E-state index in [2.05, 4.69) is 15.9 Å². The number of nitrogens with zero attached hydrogens (tertiary/aromatic N) is 1. The van der Waals surface area contributed by atoms with Crippen molar-refractivity contribution in [3.63, 3.8) is 0 Å². The summed E-state index contributed by atoms with van der Waals surface area (Å²) >= 11 is 9.28. The van der Waals surface area contributed by atoms with Crippen LogP contribution in [0.25, 0.3) is 0 Å². The Balaban J connectivity index is 2.23. The minimum Gasteiger partial charge on any atom is -0.377 e. The highest BCUT2D eigenvalue weighted by Gasteiger charge is 2.24. The molecule has 1 fully saturated rings. The number of halogens is 2. The fraction of sp³-hybridized carbons (Fsp3) is 0.417. The van der Waals surface area contributed by atoms with Crippen LogP contribution in [0.3, 0.4) is 0 Å². The summed E-state index contributed by atoms with van der Waals surface area (Å²) in [6.07, 6.45) is 0. The van der Waals surface area contributed by atoms with Gasteiger partial charge < -0.3 is 9.64 Å². The SMILES string of the molecule is CC1COCCN1C(=O)c1cc(Cl)cc(Br)c1. The summed E-state index contributed by atoms with van der Waals surface area (Å²) in [6.45, 7) is 3.80. The van der Waals surface area contributed by atoms with E-state index in [4.69, 9.17) is 16.3 Å². The van der Waals surface area contributed by atoms with Crippen molar-refractivity contribution in [2.75, 3.05) is 19.8 Å². The van der Waals surface area contributed by atoms with Gasteiger partial charge in [0.05, 0.1) is 19.3 Å². The van der Waals surface area contributed by atoms with Crippen molar-refractivity contribution in [3.05, 3.63) is 33.3 Å². The molecule has 1 aromatic carbocycles. The highest BCUT2D eigenvalue weighted by atomic mass is 79.9. The normalized spacial score (nSPS) is 20.4. The number of ether oxygens (including phenoxy) is 1. The summed E-state index contributed by atoms with van der Waals surface area (Å²) in [5, 5.41) is 0.559. The Morgan fingerprint density at radius 3 is 2.94 bits per heavy atom. The van der Waals surface area contributed by atoms with E-state index >= 15 is 0 Å². The van der Waals surface area contributed by atoms with Crippen LogP contribution in [0.1, 0.15) is 17.3 Å². The predicted octanol–water partition coefficient (Wildman–Crippen LogP) is 2.96. The first kappa shape index (κ1) is 12.9. The fourth-order valence-corrected chi connectivity index (χ4v) is 2.73. The fourth-order valence-electron chi connectivity index (χ4n) is 1.87. The molecular weight excluding hydrogens is 305 g/mol. The lowest BCUT2D eigenvalue weighted by atomic mass is 10.1. The Morgan fingerprint density at radius 1 is 1.53 bits per heavy atom. The van der Waals surface area contributed by atoms with Gasteiger partial charge in [0.25, 0.3) is 5.91 Å². The van der Waals surface area contributed by atoms with E-state index in [-0.39, 0.29) is 11.9 Å². The molecule has 0 saturated carbocycles. The third kappa shape index (κ3) is 3.00. The monoisotopic (exact) mass is 317 g/mol. The van der Waals surface area contributed by atoms with E-state index in [1.807, 2.05) is 11.8 Å². The lowest BCUT2D eigenvalue weighted by Gasteiger charge is -2.33. The van der Waals surface area contributed by atoms with Crippen molar-refractivity contribution in [2.24, 2.45) is 0 Å². The van der Waals surface area contributed by atoms with Crippen LogP contribution in [0, 0.1) is 0 Å². The average molecular weight is 319 g/mol. The van der Waals surface area contributed by atoms with Crippen molar-refractivity contribution in [2.45, 2.75) is 13.0 Å². The lowest BCUT2D eigenvalue weighted by Crippen LogP contribution is -2.47. The third-order valence-corrected chi connectivity index (χ3v) is 3.41. The van der Waals surface area contributed by atoms with Crippen LogP contribution in [0.15, 0.2) is 22.7 Å². The minimum atomic E-state index is 0.00370. The number of rotatable bonds is 1. The molecule has 92 valence electrons. The molecule has 0 N–H and O–H groups in total. The Bertz CT molecular complexity index is 418. The van der Waals surface area contributed by atoms with Crippen molar-refractivity contribution >= 4 is 33.4 Å². The van der Waals surface area contributed by atoms with E-state index < -0.39 is 0 Å². The van der Waals surface area contributed by atoms with Gasteiger partial charge in [-0.1, -0.05) is 27.5 Å². The number of hydrogen-bond donors (Lipinski definition) is 0. The summed E-state index contributed by atoms with van der Waals surface area (Å²) in [6, 6.07) is 5.35. The van der Waals surface area contributed by atoms with Gasteiger partial charge >= 0.3 is 0 Å². The highest BCUT2D eigenvalue weighted by molar-refractivity contribution is 9.10. The smallest absolute Gasteiger partial charge is 0.254 e. The second-order valence-electron chi connectivity index (χ2n) is 4.08. The molecular formula is C12H13BrClNO2. The maximum Gasteiger partial charge on any atom is 0.254 e. The molecule has 1 amide bonds. The van der Waals surface area contributed by atoms with Gasteiger partial charge in [-0.05, 0) is 25.1 Å². The van der Waals surface area contributed by atoms with Gasteiger partial charge in [0.1, 0.15) is 0 Å². The van der Waals surface area contributed by atoms with Crippen molar-refractivity contribution in [1.29, 1.82) is 0 Å². The Kier molecular flexibility index (Phi) is 4.07. The molecule has 1 heterocycles. The van der Waals surface area contributed by atoms with Crippen LogP contribution in [-0.4, -0.2) is 36.6 Å². The molecule has 0 aromatic heterocycles. The van der Waals surface area contributed by atoms with Crippen molar-refractivity contribution < 1.29 is 9.53 Å². The maximum atomic E-state index is 12.3. The Hall–Kier alpha value is -0.580. The Labute approximate surface area is 114 Å². The first-order valence-corrected chi connectivity index (χ1v) is 6.60. The van der Waals surface area contributed by atoms with E-state index in [1.54, 1.807) is 18.2 Å². The first-order chi connectivity index (χ1) is 8.08. The van der Waals surface area contributed by atoms with Crippen LogP contribution >= 0.6 is 27.5 Å². The zero-order valence-electron chi connectivity index (χ0n) is 9.45. The summed E-state index contributed by atoms with van der Waals surface area (Å²) in [7, 11) is 0. The van der Waals surface area contributed by atoms with Crippen molar-refractivity contribution in [3.8, 4) is 0 Å². The number of morpholine rings is 1. The van der Waals surface area contributed by atoms with Crippen LogP contribution in [0.4, 0.5) is 0 Å². The molecule has 0 bridgehead atoms. The molecule has 0 spiro atoms. The van der Waals surface area contributed by atoms with E-state index in [9.17, 15) is 4.79 Å². The molecule has 1 aromatic rings. The van der Waals surface area contributed by atoms with Gasteiger partial charge in [-0.15, -0.1) is 0 Å². The summed E-state index contributed by atoms with van der Waals surface area (Å²) in [5.41, 5.74) is 0.609. The molecule has 1 unspecified atom stereocenters. The van der Waals surface area contributed by atoms with Gasteiger partial charge in [-0.3, -0.25) is 4.79 Å². The maximum absolute atomic E-state index is 12.3. The van der Waals surface area contributed by atoms with Gasteiger partial charge in [0.2, 0.25) is 0 Å². The zero-order chi connectivity index (χ0) is 12.4. The third-order valence-electron chi connectivity index (χ3n) is 2.74. The van der Waals surface area contributed by atoms with E-state index in [1.165, 1.54) is 0 Å². The zero-order valence-corrected chi connectivity index (χ0v) is 11.8. The summed E-state index contributed by atoms with van der Waals surface area (Å²) in [4.78, 5) is 14.1. The standard InChI is InChI=1S/C12H13BrClNO2/c1-8-7-17-3-2-15(8)12(16)9-4-10(13)6-11(14)5-9/h4-6,8H,2-3,7H2,1H3. The molecule has 5 heteroatoms. The van der Waals surface area contributed by atoms with Crippen LogP contribution in [0.5, 0.6) is 0 Å². The van der Waals surface area contributed by atoms with Gasteiger partial charge in [0.15, 0.2) is 0 Å². The van der Waals surface area contributed by atoms with Crippen LogP contribution in [0.2, 0.25) is 5.02 Å². The second-order valence-corrected chi connectivity index (χ2v) is 5.43. The second kappa shape index (κ2) is 5.38. The number of benzene rings is 1. The van der Waals surface area contributed by atoms with Gasteiger partial charge in [0, 0.05) is 21.6 Å². The largest absolute Gasteiger partial charge is 0.377 e. The number of amides is 1. The van der Waals surface area contributed by atoms with E-state index in [0.717, 1.165) is 4.47 Å². The average Bonchev–Trinajstić information content (AvgIpc) is 2.27. The van der Waals surface area contributed by atoms with Crippen molar-refractivity contribution in [1.82, 2.24) is 4.90 Å². The van der Waals surface area contributed by atoms with Crippen LogP contribution in [-0.2, 0) is 4.74 Å². The molecule has 3 nitrogen and oxygen atoms in total. The summed E-state index contributed by atoms with van der Waals surface area (Å²) in [5.74, 6) is 0.00370. The van der Waals surface area contributed by atoms with Gasteiger partial charge in [-0.2, -0.15) is 0 Å². The molecule has 0 aliphatic carbocycles. The number of hydrogen-bond acceptors (Lipinski definition) is 2. The molecule has 2 rings (SSSR count). The highest BCUT2D eigenvalue weighted by Crippen LogP contribution is 2.21. The molecule has 0 radical (unpaired) electrons. The van der Waals surface area contributed by atoms with Gasteiger partial charge in [-0.25, -0.2) is 0 Å². The van der Waals surface area contributed by atoms with Crippen LogP contribution < -0.4 is 0 Å². The Morgan fingerprint density at radius 2 is 2.29 bits per heavy atom. The number of carbonyl (C=O) groups excluding carboxylic acids is 1. The molecule has 17 heavy (non-hydrogen) atoms. The molecule has 1 aliphatic heterocycles. The molecule has 1 aliphatic rings. The molecule has 1 saturated heterocycles. The molecule has 1 atom stereocenters. The minimum absolute atomic E-state index is 0.00370. The first-order valence-electron chi connectivity index (χ1n) is 5.43. The number of carbonyl (C=O) groups is 1. The predicted molar refractivity (Wildman–Crippen MR) is 70.5 cm³/mol. The van der Waals surface area contributed by atoms with E-state index in [0.29, 0.717) is 30.3 Å². The quantitative estimate of drug-likeness (QED) is 0.797.